The number of methoxy groups -OCH3 is 1. The Hall–Kier alpha value is -1.46. The third kappa shape index (κ3) is 5.12. The maximum atomic E-state index is 13.1. The van der Waals surface area contributed by atoms with Crippen LogP contribution in [0.25, 0.3) is 0 Å². The summed E-state index contributed by atoms with van der Waals surface area (Å²) in [5.74, 6) is 0.953. The highest BCUT2D eigenvalue weighted by Crippen LogP contribution is 2.33. The molecule has 1 atom stereocenters. The third-order valence-electron chi connectivity index (χ3n) is 4.91. The van der Waals surface area contributed by atoms with Gasteiger partial charge >= 0.3 is 0 Å². The van der Waals surface area contributed by atoms with E-state index < -0.39 is 0 Å². The van der Waals surface area contributed by atoms with E-state index in [0.717, 1.165) is 24.3 Å². The van der Waals surface area contributed by atoms with Crippen molar-refractivity contribution in [2.75, 3.05) is 34.3 Å². The van der Waals surface area contributed by atoms with E-state index in [1.165, 1.54) is 11.1 Å². The molecule has 1 heterocycles. The van der Waals surface area contributed by atoms with E-state index in [4.69, 9.17) is 27.9 Å². The Kier molecular flexibility index (Phi) is 8.02. The molecule has 2 aromatic rings. The SMILES string of the molecule is COc1ccc2c(c1)CCN(C(=O)Cc1ccc(Cl)c(Cl)c1)C2CN(C)C.Cl. The minimum Gasteiger partial charge on any atom is -0.497 e. The first-order valence-corrected chi connectivity index (χ1v) is 9.69. The van der Waals surface area contributed by atoms with Gasteiger partial charge in [-0.2, -0.15) is 0 Å². The van der Waals surface area contributed by atoms with Crippen molar-refractivity contribution in [3.05, 3.63) is 63.1 Å². The molecule has 0 bridgehead atoms. The number of carbonyl (C=O) groups excluding carboxylic acids is 1. The molecule has 1 aliphatic heterocycles. The monoisotopic (exact) mass is 442 g/mol. The van der Waals surface area contributed by atoms with Gasteiger partial charge in [0.05, 0.1) is 29.6 Å². The zero-order valence-corrected chi connectivity index (χ0v) is 18.6. The van der Waals surface area contributed by atoms with Crippen molar-refractivity contribution in [2.45, 2.75) is 18.9 Å². The molecule has 3 rings (SSSR count). The summed E-state index contributed by atoms with van der Waals surface area (Å²) in [6, 6.07) is 11.5. The number of likely N-dealkylation sites (N-methyl/N-ethyl adjacent to an activating group) is 1. The molecule has 0 aromatic heterocycles. The highest BCUT2D eigenvalue weighted by Gasteiger charge is 2.31. The van der Waals surface area contributed by atoms with Gasteiger partial charge < -0.3 is 14.5 Å². The van der Waals surface area contributed by atoms with E-state index in [1.807, 2.05) is 31.1 Å². The number of amides is 1. The Labute approximate surface area is 182 Å². The van der Waals surface area contributed by atoms with E-state index in [2.05, 4.69) is 17.0 Å². The summed E-state index contributed by atoms with van der Waals surface area (Å²) in [5.41, 5.74) is 3.32. The van der Waals surface area contributed by atoms with Crippen LogP contribution >= 0.6 is 35.6 Å². The Morgan fingerprint density at radius 2 is 1.93 bits per heavy atom. The van der Waals surface area contributed by atoms with Gasteiger partial charge in [0, 0.05) is 13.1 Å². The molecule has 0 fully saturated rings. The van der Waals surface area contributed by atoms with Crippen LogP contribution in [0.2, 0.25) is 10.0 Å². The first kappa shape index (κ1) is 22.8. The molecule has 4 nitrogen and oxygen atoms in total. The fourth-order valence-corrected chi connectivity index (χ4v) is 3.90. The number of carbonyl (C=O) groups is 1. The molecule has 28 heavy (non-hydrogen) atoms. The van der Waals surface area contributed by atoms with Crippen molar-refractivity contribution < 1.29 is 9.53 Å². The van der Waals surface area contributed by atoms with Crippen LogP contribution in [0.3, 0.4) is 0 Å². The zero-order valence-electron chi connectivity index (χ0n) is 16.2. The van der Waals surface area contributed by atoms with Gasteiger partial charge in [-0.3, -0.25) is 4.79 Å². The quantitative estimate of drug-likeness (QED) is 0.674. The van der Waals surface area contributed by atoms with Crippen LogP contribution in [0.5, 0.6) is 5.75 Å². The number of nitrogens with zero attached hydrogens (tertiary/aromatic N) is 2. The zero-order chi connectivity index (χ0) is 19.6. The lowest BCUT2D eigenvalue weighted by Crippen LogP contribution is -2.44. The van der Waals surface area contributed by atoms with Gasteiger partial charge in [0.1, 0.15) is 5.75 Å². The lowest BCUT2D eigenvalue weighted by atomic mass is 9.91. The fourth-order valence-electron chi connectivity index (χ4n) is 3.58. The molecular formula is C21H25Cl3N2O2. The van der Waals surface area contributed by atoms with Crippen molar-refractivity contribution in [3.8, 4) is 5.75 Å². The molecule has 0 N–H and O–H groups in total. The summed E-state index contributed by atoms with van der Waals surface area (Å²) in [5, 5.41) is 0.974. The third-order valence-corrected chi connectivity index (χ3v) is 5.64. The molecule has 0 radical (unpaired) electrons. The van der Waals surface area contributed by atoms with Crippen LogP contribution in [-0.2, 0) is 17.6 Å². The fraction of sp³-hybridized carbons (Fsp3) is 0.381. The van der Waals surface area contributed by atoms with Crippen LogP contribution in [0, 0.1) is 0 Å². The van der Waals surface area contributed by atoms with Gasteiger partial charge in [0.2, 0.25) is 5.91 Å². The number of benzene rings is 2. The van der Waals surface area contributed by atoms with Gasteiger partial charge in [-0.15, -0.1) is 12.4 Å². The van der Waals surface area contributed by atoms with Gasteiger partial charge in [-0.25, -0.2) is 0 Å². The molecule has 1 unspecified atom stereocenters. The van der Waals surface area contributed by atoms with Crippen LogP contribution in [0.1, 0.15) is 22.7 Å². The van der Waals surface area contributed by atoms with Crippen LogP contribution in [-0.4, -0.2) is 50.0 Å². The molecule has 0 spiro atoms. The van der Waals surface area contributed by atoms with E-state index in [-0.39, 0.29) is 24.4 Å². The Morgan fingerprint density at radius 1 is 1.18 bits per heavy atom. The number of rotatable bonds is 5. The van der Waals surface area contributed by atoms with Crippen molar-refractivity contribution in [2.24, 2.45) is 0 Å². The average Bonchev–Trinajstić information content (AvgIpc) is 2.64. The van der Waals surface area contributed by atoms with E-state index in [1.54, 1.807) is 19.2 Å². The second-order valence-corrected chi connectivity index (χ2v) is 7.92. The minimum absolute atomic E-state index is 0. The molecule has 1 aliphatic rings. The number of ether oxygens (including phenoxy) is 1. The van der Waals surface area contributed by atoms with Gasteiger partial charge in [-0.1, -0.05) is 35.3 Å². The maximum Gasteiger partial charge on any atom is 0.227 e. The van der Waals surface area contributed by atoms with Gasteiger partial charge in [-0.05, 0) is 61.5 Å². The normalized spacial score (nSPS) is 15.8. The summed E-state index contributed by atoms with van der Waals surface area (Å²) >= 11 is 12.1. The van der Waals surface area contributed by atoms with Crippen LogP contribution < -0.4 is 4.74 Å². The summed E-state index contributed by atoms with van der Waals surface area (Å²) in [6.45, 7) is 1.46. The smallest absolute Gasteiger partial charge is 0.227 e. The number of halogens is 3. The first-order chi connectivity index (χ1) is 12.9. The molecule has 152 valence electrons. The van der Waals surface area contributed by atoms with Gasteiger partial charge in [0.15, 0.2) is 0 Å². The Bertz CT molecular complexity index is 842. The predicted octanol–water partition coefficient (Wildman–Crippen LogP) is 4.65. The lowest BCUT2D eigenvalue weighted by molar-refractivity contribution is -0.133. The predicted molar refractivity (Wildman–Crippen MR) is 117 cm³/mol. The van der Waals surface area contributed by atoms with E-state index >= 15 is 0 Å². The second kappa shape index (κ2) is 9.84. The molecule has 0 saturated carbocycles. The van der Waals surface area contributed by atoms with Crippen molar-refractivity contribution in [3.63, 3.8) is 0 Å². The minimum atomic E-state index is 0. The summed E-state index contributed by atoms with van der Waals surface area (Å²) in [4.78, 5) is 17.2. The number of hydrogen-bond acceptors (Lipinski definition) is 3. The lowest BCUT2D eigenvalue weighted by Gasteiger charge is -2.39. The largest absolute Gasteiger partial charge is 0.497 e. The van der Waals surface area contributed by atoms with E-state index in [9.17, 15) is 4.79 Å². The number of hydrogen-bond donors (Lipinski definition) is 0. The molecule has 0 aliphatic carbocycles. The van der Waals surface area contributed by atoms with Crippen LogP contribution in [0.4, 0.5) is 0 Å². The van der Waals surface area contributed by atoms with E-state index in [0.29, 0.717) is 23.0 Å². The van der Waals surface area contributed by atoms with Crippen LogP contribution in [0.15, 0.2) is 36.4 Å². The standard InChI is InChI=1S/C21H24Cl2N2O2.ClH/c1-24(2)13-20-17-6-5-16(27-3)12-15(17)8-9-25(20)21(26)11-14-4-7-18(22)19(23)10-14;/h4-7,10,12,20H,8-9,11,13H2,1-3H3;1H. The summed E-state index contributed by atoms with van der Waals surface area (Å²) in [7, 11) is 5.73. The van der Waals surface area contributed by atoms with Crippen molar-refractivity contribution >= 4 is 41.5 Å². The topological polar surface area (TPSA) is 32.8 Å². The Morgan fingerprint density at radius 3 is 2.57 bits per heavy atom. The van der Waals surface area contributed by atoms with Gasteiger partial charge in [0.25, 0.3) is 0 Å². The van der Waals surface area contributed by atoms with Crippen molar-refractivity contribution in [1.29, 1.82) is 0 Å². The average molecular weight is 444 g/mol. The number of fused-ring (bicyclic) bond motifs is 1. The molecule has 1 amide bonds. The molecule has 2 aromatic carbocycles. The molecule has 0 saturated heterocycles. The summed E-state index contributed by atoms with van der Waals surface area (Å²) < 4.78 is 5.36. The molecule has 7 heteroatoms. The summed E-state index contributed by atoms with van der Waals surface area (Å²) in [6.07, 6.45) is 1.13. The highest BCUT2D eigenvalue weighted by molar-refractivity contribution is 6.42. The maximum absolute atomic E-state index is 13.1. The molecular weight excluding hydrogens is 419 g/mol. The van der Waals surface area contributed by atoms with Crippen molar-refractivity contribution in [1.82, 2.24) is 9.80 Å². The second-order valence-electron chi connectivity index (χ2n) is 7.11. The highest BCUT2D eigenvalue weighted by atomic mass is 35.5. The Balaban J connectivity index is 0.00000280. The first-order valence-electron chi connectivity index (χ1n) is 8.94.